The lowest BCUT2D eigenvalue weighted by Crippen LogP contribution is -1.96. The van der Waals surface area contributed by atoms with Crippen LogP contribution in [0.5, 0.6) is 0 Å². The summed E-state index contributed by atoms with van der Waals surface area (Å²) >= 11 is 0. The maximum Gasteiger partial charge on any atom is 0.0582 e. The van der Waals surface area contributed by atoms with Gasteiger partial charge < -0.3 is 9.13 Å². The fraction of sp³-hybridized carbons (Fsp3) is 0.0204. The number of para-hydroxylation sites is 2. The third-order valence-electron chi connectivity index (χ3n) is 10.9. The number of rotatable bonds is 4. The van der Waals surface area contributed by atoms with Crippen molar-refractivity contribution in [3.8, 4) is 44.8 Å². The molecule has 0 atom stereocenters. The molecule has 0 amide bonds. The van der Waals surface area contributed by atoms with E-state index in [0.717, 1.165) is 6.42 Å². The van der Waals surface area contributed by atoms with Crippen LogP contribution in [0.2, 0.25) is 0 Å². The van der Waals surface area contributed by atoms with Crippen LogP contribution < -0.4 is 0 Å². The van der Waals surface area contributed by atoms with Gasteiger partial charge in [-0.05, 0) is 105 Å². The van der Waals surface area contributed by atoms with Gasteiger partial charge >= 0.3 is 0 Å². The summed E-state index contributed by atoms with van der Waals surface area (Å²) in [6.45, 7) is 0. The molecule has 0 N–H and O–H groups in total. The van der Waals surface area contributed by atoms with Crippen LogP contribution in [0, 0.1) is 0 Å². The molecule has 0 saturated heterocycles. The molecule has 0 unspecified atom stereocenters. The SMILES string of the molecule is c1ccc(-c2ccc3c(c2)c2cc(-c4ccc5c(c4)c4ccc6c(c4n5-c4ccccc4)Cc4ccccc4-6)ccc2n3-c2ccccc2)cc1. The minimum atomic E-state index is 0.950. The maximum absolute atomic E-state index is 2.49. The molecular weight excluding hydrogens is 617 g/mol. The highest BCUT2D eigenvalue weighted by atomic mass is 15.0. The molecule has 0 bridgehead atoms. The minimum absolute atomic E-state index is 0.950. The van der Waals surface area contributed by atoms with Gasteiger partial charge in [0.05, 0.1) is 22.1 Å². The highest BCUT2D eigenvalue weighted by Crippen LogP contribution is 2.45. The lowest BCUT2D eigenvalue weighted by molar-refractivity contribution is 1.15. The van der Waals surface area contributed by atoms with Gasteiger partial charge in [-0.1, -0.05) is 121 Å². The summed E-state index contributed by atoms with van der Waals surface area (Å²) in [4.78, 5) is 0. The summed E-state index contributed by atoms with van der Waals surface area (Å²) in [5, 5.41) is 5.10. The maximum atomic E-state index is 2.49. The summed E-state index contributed by atoms with van der Waals surface area (Å²) in [6, 6.07) is 66.8. The van der Waals surface area contributed by atoms with Crippen LogP contribution in [0.4, 0.5) is 0 Å². The first-order valence-corrected chi connectivity index (χ1v) is 17.7. The van der Waals surface area contributed by atoms with E-state index in [0.29, 0.717) is 0 Å². The van der Waals surface area contributed by atoms with Crippen LogP contribution in [0.25, 0.3) is 88.4 Å². The largest absolute Gasteiger partial charge is 0.309 e. The molecule has 0 aliphatic heterocycles. The van der Waals surface area contributed by atoms with Crippen molar-refractivity contribution < 1.29 is 0 Å². The van der Waals surface area contributed by atoms with Gasteiger partial charge in [0.15, 0.2) is 0 Å². The van der Waals surface area contributed by atoms with Gasteiger partial charge in [-0.3, -0.25) is 0 Å². The van der Waals surface area contributed by atoms with Gasteiger partial charge in [0.1, 0.15) is 0 Å². The fourth-order valence-electron chi connectivity index (χ4n) is 8.63. The second-order valence-corrected chi connectivity index (χ2v) is 13.7. The third-order valence-corrected chi connectivity index (χ3v) is 10.9. The monoisotopic (exact) mass is 648 g/mol. The van der Waals surface area contributed by atoms with E-state index in [1.165, 1.54) is 99.5 Å². The van der Waals surface area contributed by atoms with E-state index in [1.54, 1.807) is 0 Å². The van der Waals surface area contributed by atoms with Crippen LogP contribution in [0.1, 0.15) is 11.1 Å². The Morgan fingerprint density at radius 3 is 1.45 bits per heavy atom. The summed E-state index contributed by atoms with van der Waals surface area (Å²) in [6.07, 6.45) is 0.950. The number of aromatic nitrogens is 2. The quantitative estimate of drug-likeness (QED) is 0.180. The lowest BCUT2D eigenvalue weighted by Gasteiger charge is -2.11. The first-order valence-electron chi connectivity index (χ1n) is 17.7. The molecule has 0 saturated carbocycles. The van der Waals surface area contributed by atoms with Crippen molar-refractivity contribution in [3.05, 3.63) is 193 Å². The summed E-state index contributed by atoms with van der Waals surface area (Å²) < 4.78 is 4.89. The zero-order valence-electron chi connectivity index (χ0n) is 27.9. The van der Waals surface area contributed by atoms with Crippen LogP contribution >= 0.6 is 0 Å². The molecule has 8 aromatic carbocycles. The van der Waals surface area contributed by atoms with Crippen molar-refractivity contribution in [2.45, 2.75) is 6.42 Å². The van der Waals surface area contributed by atoms with Crippen LogP contribution in [0.15, 0.2) is 182 Å². The molecule has 0 spiro atoms. The molecule has 11 rings (SSSR count). The zero-order valence-corrected chi connectivity index (χ0v) is 27.9. The molecule has 0 radical (unpaired) electrons. The number of benzene rings is 8. The molecule has 1 aliphatic rings. The Morgan fingerprint density at radius 2 is 0.824 bits per heavy atom. The van der Waals surface area contributed by atoms with Crippen molar-refractivity contribution in [3.63, 3.8) is 0 Å². The lowest BCUT2D eigenvalue weighted by atomic mass is 9.98. The molecule has 2 nitrogen and oxygen atoms in total. The Hall–Kier alpha value is -6.64. The summed E-state index contributed by atoms with van der Waals surface area (Å²) in [7, 11) is 0. The van der Waals surface area contributed by atoms with Crippen molar-refractivity contribution in [2.75, 3.05) is 0 Å². The molecule has 10 aromatic rings. The standard InChI is InChI=1S/C49H32N2/c1-4-12-32(13-5-1)33-20-25-46-43(28-33)44-30-35(21-26-47(44)50(46)37-15-6-2-7-16-37)34-22-27-48-42(29-34)41-24-23-40-39-19-11-10-14-36(39)31-45(40)49(41)51(48)38-17-8-3-9-18-38/h1-30H,31H2. The van der Waals surface area contributed by atoms with E-state index < -0.39 is 0 Å². The Labute approximate surface area is 296 Å². The highest BCUT2D eigenvalue weighted by molar-refractivity contribution is 6.15. The van der Waals surface area contributed by atoms with Crippen LogP contribution in [-0.4, -0.2) is 9.13 Å². The second-order valence-electron chi connectivity index (χ2n) is 13.7. The van der Waals surface area contributed by atoms with E-state index >= 15 is 0 Å². The number of hydrogen-bond acceptors (Lipinski definition) is 0. The number of fused-ring (bicyclic) bond motifs is 10. The predicted molar refractivity (Wildman–Crippen MR) is 214 cm³/mol. The Bertz CT molecular complexity index is 2970. The van der Waals surface area contributed by atoms with Gasteiger partial charge in [-0.2, -0.15) is 0 Å². The van der Waals surface area contributed by atoms with Crippen molar-refractivity contribution >= 4 is 43.6 Å². The Kier molecular flexibility index (Phi) is 6.05. The normalized spacial score (nSPS) is 12.2. The number of hydrogen-bond donors (Lipinski definition) is 0. The van der Waals surface area contributed by atoms with E-state index in [2.05, 4.69) is 191 Å². The van der Waals surface area contributed by atoms with Gasteiger partial charge in [-0.25, -0.2) is 0 Å². The van der Waals surface area contributed by atoms with Crippen molar-refractivity contribution in [2.24, 2.45) is 0 Å². The summed E-state index contributed by atoms with van der Waals surface area (Å²) in [5.74, 6) is 0. The molecule has 2 heterocycles. The first kappa shape index (κ1) is 28.2. The smallest absolute Gasteiger partial charge is 0.0582 e. The van der Waals surface area contributed by atoms with E-state index in [-0.39, 0.29) is 0 Å². The van der Waals surface area contributed by atoms with E-state index in [4.69, 9.17) is 0 Å². The second kappa shape index (κ2) is 10.9. The van der Waals surface area contributed by atoms with Crippen molar-refractivity contribution in [1.82, 2.24) is 9.13 Å². The van der Waals surface area contributed by atoms with Gasteiger partial charge in [0.2, 0.25) is 0 Å². The summed E-state index contributed by atoms with van der Waals surface area (Å²) in [5.41, 5.74) is 17.8. The number of nitrogens with zero attached hydrogens (tertiary/aromatic N) is 2. The van der Waals surface area contributed by atoms with Crippen molar-refractivity contribution in [1.29, 1.82) is 0 Å². The molecular formula is C49H32N2. The minimum Gasteiger partial charge on any atom is -0.309 e. The van der Waals surface area contributed by atoms with Crippen LogP contribution in [0.3, 0.4) is 0 Å². The van der Waals surface area contributed by atoms with Gasteiger partial charge in [0.25, 0.3) is 0 Å². The average molecular weight is 649 g/mol. The Balaban J connectivity index is 1.14. The molecule has 0 fully saturated rings. The Morgan fingerprint density at radius 1 is 0.333 bits per heavy atom. The molecule has 1 aliphatic carbocycles. The highest BCUT2D eigenvalue weighted by Gasteiger charge is 2.25. The first-order chi connectivity index (χ1) is 25.3. The molecule has 2 heteroatoms. The van der Waals surface area contributed by atoms with E-state index in [9.17, 15) is 0 Å². The average Bonchev–Trinajstić information content (AvgIpc) is 3.86. The molecule has 2 aromatic heterocycles. The third kappa shape index (κ3) is 4.23. The topological polar surface area (TPSA) is 9.86 Å². The van der Waals surface area contributed by atoms with E-state index in [1.807, 2.05) is 0 Å². The molecule has 51 heavy (non-hydrogen) atoms. The van der Waals surface area contributed by atoms with Gasteiger partial charge in [-0.15, -0.1) is 0 Å². The zero-order chi connectivity index (χ0) is 33.5. The molecule has 238 valence electrons. The predicted octanol–water partition coefficient (Wildman–Crippen LogP) is 12.8. The fourth-order valence-corrected chi connectivity index (χ4v) is 8.63. The van der Waals surface area contributed by atoms with Crippen LogP contribution in [-0.2, 0) is 6.42 Å². The van der Waals surface area contributed by atoms with Gasteiger partial charge in [0, 0.05) is 39.3 Å².